The number of aromatic nitrogens is 1. The summed E-state index contributed by atoms with van der Waals surface area (Å²) in [6.45, 7) is 4.01. The number of hydrogen-bond acceptors (Lipinski definition) is 4. The van der Waals surface area contributed by atoms with Gasteiger partial charge in [-0.3, -0.25) is 4.98 Å². The van der Waals surface area contributed by atoms with Gasteiger partial charge < -0.3 is 14.4 Å². The van der Waals surface area contributed by atoms with E-state index in [0.29, 0.717) is 6.10 Å². The van der Waals surface area contributed by atoms with Crippen molar-refractivity contribution in [2.24, 2.45) is 0 Å². The van der Waals surface area contributed by atoms with Crippen LogP contribution < -0.4 is 14.4 Å². The van der Waals surface area contributed by atoms with Crippen molar-refractivity contribution in [2.45, 2.75) is 38.9 Å². The quantitative estimate of drug-likeness (QED) is 0.786. The van der Waals surface area contributed by atoms with Gasteiger partial charge in [-0.1, -0.05) is 0 Å². The van der Waals surface area contributed by atoms with Crippen LogP contribution in [-0.2, 0) is 0 Å². The van der Waals surface area contributed by atoms with E-state index in [0.717, 1.165) is 30.0 Å². The molecular formula is C13H20N2O2. The third-order valence-corrected chi connectivity index (χ3v) is 2.50. The van der Waals surface area contributed by atoms with E-state index in [-0.39, 0.29) is 6.10 Å². The monoisotopic (exact) mass is 236 g/mol. The average molecular weight is 236 g/mol. The lowest BCUT2D eigenvalue weighted by molar-refractivity contribution is 0.217. The molecule has 0 aliphatic heterocycles. The van der Waals surface area contributed by atoms with Gasteiger partial charge in [0.25, 0.3) is 0 Å². The second kappa shape index (κ2) is 4.82. The average Bonchev–Trinajstić information content (AvgIpc) is 3.03. The third-order valence-electron chi connectivity index (χ3n) is 2.50. The minimum Gasteiger partial charge on any atom is -0.485 e. The van der Waals surface area contributed by atoms with Crippen molar-refractivity contribution >= 4 is 5.69 Å². The Labute approximate surface area is 103 Å². The van der Waals surface area contributed by atoms with Crippen molar-refractivity contribution in [1.29, 1.82) is 0 Å². The van der Waals surface area contributed by atoms with Gasteiger partial charge >= 0.3 is 0 Å². The highest BCUT2D eigenvalue weighted by atomic mass is 16.5. The number of nitrogens with zero attached hydrogens (tertiary/aromatic N) is 2. The number of pyridine rings is 1. The smallest absolute Gasteiger partial charge is 0.188 e. The second-order valence-electron chi connectivity index (χ2n) is 4.86. The molecular weight excluding hydrogens is 216 g/mol. The molecule has 0 bridgehead atoms. The molecule has 0 saturated heterocycles. The van der Waals surface area contributed by atoms with Gasteiger partial charge in [-0.25, -0.2) is 0 Å². The first-order valence-electron chi connectivity index (χ1n) is 6.06. The molecule has 4 heteroatoms. The summed E-state index contributed by atoms with van der Waals surface area (Å²) in [5.41, 5.74) is 0.968. The molecule has 2 rings (SSSR count). The maximum atomic E-state index is 5.94. The zero-order valence-corrected chi connectivity index (χ0v) is 10.9. The summed E-state index contributed by atoms with van der Waals surface area (Å²) in [5, 5.41) is 0. The summed E-state index contributed by atoms with van der Waals surface area (Å²) in [5.74, 6) is 1.55. The molecule has 0 radical (unpaired) electrons. The molecule has 0 atom stereocenters. The summed E-state index contributed by atoms with van der Waals surface area (Å²) >= 11 is 0. The zero-order chi connectivity index (χ0) is 12.4. The topological polar surface area (TPSA) is 34.6 Å². The highest BCUT2D eigenvalue weighted by Gasteiger charge is 2.27. The van der Waals surface area contributed by atoms with E-state index < -0.39 is 0 Å². The fraction of sp³-hybridized carbons (Fsp3) is 0.615. The summed E-state index contributed by atoms with van der Waals surface area (Å²) in [7, 11) is 3.96. The van der Waals surface area contributed by atoms with Crippen molar-refractivity contribution in [3.63, 3.8) is 0 Å². The predicted octanol–water partition coefficient (Wildman–Crippen LogP) is 2.48. The summed E-state index contributed by atoms with van der Waals surface area (Å²) in [4.78, 5) is 6.20. The Morgan fingerprint density at radius 1 is 1.29 bits per heavy atom. The third kappa shape index (κ3) is 3.02. The summed E-state index contributed by atoms with van der Waals surface area (Å²) in [6.07, 6.45) is 6.28. The number of anilines is 1. The molecule has 0 N–H and O–H groups in total. The minimum absolute atomic E-state index is 0.121. The van der Waals surface area contributed by atoms with E-state index in [2.05, 4.69) is 4.98 Å². The molecule has 1 aromatic heterocycles. The van der Waals surface area contributed by atoms with Gasteiger partial charge in [0.05, 0.1) is 24.6 Å². The lowest BCUT2D eigenvalue weighted by atomic mass is 10.3. The van der Waals surface area contributed by atoms with Crippen molar-refractivity contribution in [3.05, 3.63) is 12.4 Å². The molecule has 0 spiro atoms. The van der Waals surface area contributed by atoms with Crippen LogP contribution in [0.25, 0.3) is 0 Å². The van der Waals surface area contributed by atoms with Gasteiger partial charge in [0, 0.05) is 14.1 Å². The lowest BCUT2D eigenvalue weighted by Crippen LogP contribution is -2.14. The predicted molar refractivity (Wildman–Crippen MR) is 68.0 cm³/mol. The first-order valence-corrected chi connectivity index (χ1v) is 6.06. The maximum Gasteiger partial charge on any atom is 0.188 e. The molecule has 0 amide bonds. The van der Waals surface area contributed by atoms with Crippen LogP contribution in [0.4, 0.5) is 5.69 Å². The lowest BCUT2D eigenvalue weighted by Gasteiger charge is -2.21. The van der Waals surface area contributed by atoms with Gasteiger partial charge in [0.2, 0.25) is 0 Å². The fourth-order valence-electron chi connectivity index (χ4n) is 1.55. The largest absolute Gasteiger partial charge is 0.485 e. The summed E-state index contributed by atoms with van der Waals surface area (Å²) in [6, 6.07) is 0. The van der Waals surface area contributed by atoms with E-state index >= 15 is 0 Å². The van der Waals surface area contributed by atoms with E-state index in [1.807, 2.05) is 39.0 Å². The molecule has 0 unspecified atom stereocenters. The van der Waals surface area contributed by atoms with Crippen molar-refractivity contribution in [3.8, 4) is 11.5 Å². The minimum atomic E-state index is 0.121. The molecule has 94 valence electrons. The first kappa shape index (κ1) is 12.0. The molecule has 1 heterocycles. The summed E-state index contributed by atoms with van der Waals surface area (Å²) < 4.78 is 11.7. The normalized spacial score (nSPS) is 14.9. The van der Waals surface area contributed by atoms with Crippen LogP contribution in [0.1, 0.15) is 26.7 Å². The van der Waals surface area contributed by atoms with Crippen molar-refractivity contribution in [2.75, 3.05) is 19.0 Å². The molecule has 1 aliphatic rings. The van der Waals surface area contributed by atoms with Crippen LogP contribution in [0.2, 0.25) is 0 Å². The van der Waals surface area contributed by atoms with Gasteiger partial charge in [-0.15, -0.1) is 0 Å². The van der Waals surface area contributed by atoms with Crippen LogP contribution in [0, 0.1) is 0 Å². The number of hydrogen-bond donors (Lipinski definition) is 0. The molecule has 1 fully saturated rings. The van der Waals surface area contributed by atoms with E-state index in [1.165, 1.54) is 0 Å². The molecule has 17 heavy (non-hydrogen) atoms. The highest BCUT2D eigenvalue weighted by molar-refractivity contribution is 5.62. The Morgan fingerprint density at radius 2 is 2.00 bits per heavy atom. The molecule has 1 aromatic rings. The van der Waals surface area contributed by atoms with Gasteiger partial charge in [0.15, 0.2) is 11.5 Å². The molecule has 1 saturated carbocycles. The van der Waals surface area contributed by atoms with E-state index in [1.54, 1.807) is 6.20 Å². The van der Waals surface area contributed by atoms with Crippen molar-refractivity contribution in [1.82, 2.24) is 4.98 Å². The van der Waals surface area contributed by atoms with Crippen LogP contribution in [0.15, 0.2) is 12.4 Å². The Kier molecular flexibility index (Phi) is 3.41. The Balaban J connectivity index is 2.31. The van der Waals surface area contributed by atoms with E-state index in [4.69, 9.17) is 9.47 Å². The first-order chi connectivity index (χ1) is 8.08. The van der Waals surface area contributed by atoms with Gasteiger partial charge in [-0.05, 0) is 26.7 Å². The van der Waals surface area contributed by atoms with Crippen LogP contribution in [-0.4, -0.2) is 31.3 Å². The van der Waals surface area contributed by atoms with Crippen LogP contribution >= 0.6 is 0 Å². The van der Waals surface area contributed by atoms with Gasteiger partial charge in [-0.2, -0.15) is 0 Å². The SMILES string of the molecule is CC(C)Oc1cncc(N(C)C)c1OC1CC1. The standard InChI is InChI=1S/C13H20N2O2/c1-9(2)16-12-8-14-7-11(15(3)4)13(12)17-10-5-6-10/h7-10H,5-6H2,1-4H3. The molecule has 0 aromatic carbocycles. The Hall–Kier alpha value is -1.45. The Morgan fingerprint density at radius 3 is 2.53 bits per heavy atom. The molecule has 4 nitrogen and oxygen atoms in total. The fourth-order valence-corrected chi connectivity index (χ4v) is 1.55. The zero-order valence-electron chi connectivity index (χ0n) is 10.9. The van der Waals surface area contributed by atoms with Gasteiger partial charge in [0.1, 0.15) is 5.69 Å². The van der Waals surface area contributed by atoms with Crippen LogP contribution in [0.5, 0.6) is 11.5 Å². The molecule has 1 aliphatic carbocycles. The highest BCUT2D eigenvalue weighted by Crippen LogP contribution is 2.40. The van der Waals surface area contributed by atoms with E-state index in [9.17, 15) is 0 Å². The Bertz CT molecular complexity index is 387. The van der Waals surface area contributed by atoms with Crippen LogP contribution in [0.3, 0.4) is 0 Å². The van der Waals surface area contributed by atoms with Crippen molar-refractivity contribution < 1.29 is 9.47 Å². The number of ether oxygens (including phenoxy) is 2. The second-order valence-corrected chi connectivity index (χ2v) is 4.86. The maximum absolute atomic E-state index is 5.94. The number of rotatable bonds is 5.